The number of hydrogen-bond acceptors (Lipinski definition) is 5. The maximum atomic E-state index is 13.5. The number of hydrogen-bond donors (Lipinski definition) is 2. The van der Waals surface area contributed by atoms with Gasteiger partial charge in [0, 0.05) is 0 Å². The van der Waals surface area contributed by atoms with Crippen LogP contribution in [0.1, 0.15) is 93.9 Å². The quantitative estimate of drug-likeness (QED) is 0.577. The van der Waals surface area contributed by atoms with Gasteiger partial charge in [0.2, 0.25) is 5.91 Å². The molecule has 0 spiro atoms. The first-order chi connectivity index (χ1) is 15.2. The fraction of sp³-hybridized carbons (Fsp3) is 0.920. The molecule has 5 aliphatic rings. The molecule has 2 bridgehead atoms. The van der Waals surface area contributed by atoms with E-state index in [2.05, 4.69) is 45.3 Å². The van der Waals surface area contributed by atoms with Crippen molar-refractivity contribution in [2.24, 2.45) is 23.2 Å². The molecule has 5 atom stereocenters. The van der Waals surface area contributed by atoms with E-state index in [0.29, 0.717) is 30.6 Å². The fourth-order valence-corrected chi connectivity index (χ4v) is 6.56. The van der Waals surface area contributed by atoms with E-state index in [9.17, 15) is 9.59 Å². The zero-order chi connectivity index (χ0) is 24.4. The molecule has 1 aliphatic heterocycles. The highest BCUT2D eigenvalue weighted by Gasteiger charge is 2.68. The van der Waals surface area contributed by atoms with Crippen molar-refractivity contribution in [1.29, 1.82) is 0 Å². The molecule has 186 valence electrons. The second kappa shape index (κ2) is 8.15. The Labute approximate surface area is 199 Å². The Morgan fingerprint density at radius 3 is 2.33 bits per heavy atom. The van der Waals surface area contributed by atoms with Crippen LogP contribution in [0.4, 0.5) is 4.79 Å². The van der Waals surface area contributed by atoms with Crippen LogP contribution >= 0.6 is 0 Å². The Hall–Kier alpha value is -1.28. The molecule has 0 aromatic heterocycles. The summed E-state index contributed by atoms with van der Waals surface area (Å²) in [5.74, 6) is 1.08. The maximum absolute atomic E-state index is 13.5. The van der Waals surface area contributed by atoms with E-state index in [1.807, 2.05) is 20.8 Å². The van der Waals surface area contributed by atoms with Gasteiger partial charge < -0.3 is 24.7 Å². The average Bonchev–Trinajstić information content (AvgIpc) is 2.99. The summed E-state index contributed by atoms with van der Waals surface area (Å²) in [7, 11) is -0.472. The molecule has 4 saturated carbocycles. The smallest absolute Gasteiger partial charge is 0.444 e. The SMILES string of the molecule is CC(C)C[C@H](NC(=O)C1(NC(=O)OC(C)(C)C)CCC1)B1O[C@@H]2C[C@@H]3C[C@@H](C3(C)C)[C@]2(C)O1. The highest BCUT2D eigenvalue weighted by Crippen LogP contribution is 2.65. The third-order valence-corrected chi connectivity index (χ3v) is 8.72. The van der Waals surface area contributed by atoms with Crippen molar-refractivity contribution >= 4 is 19.1 Å². The summed E-state index contributed by atoms with van der Waals surface area (Å²) < 4.78 is 18.6. The van der Waals surface area contributed by atoms with Crippen molar-refractivity contribution in [3.8, 4) is 0 Å². The molecule has 0 unspecified atom stereocenters. The number of ether oxygens (including phenoxy) is 1. The highest BCUT2D eigenvalue weighted by atomic mass is 16.7. The molecule has 5 fully saturated rings. The van der Waals surface area contributed by atoms with E-state index in [1.54, 1.807) is 0 Å². The molecule has 7 nitrogen and oxygen atoms in total. The van der Waals surface area contributed by atoms with Gasteiger partial charge in [-0.1, -0.05) is 27.7 Å². The van der Waals surface area contributed by atoms with Crippen LogP contribution in [-0.2, 0) is 18.8 Å². The molecule has 2 N–H and O–H groups in total. The Kier molecular flexibility index (Phi) is 6.13. The lowest BCUT2D eigenvalue weighted by atomic mass is 9.43. The van der Waals surface area contributed by atoms with Gasteiger partial charge in [0.1, 0.15) is 11.1 Å². The van der Waals surface area contributed by atoms with Gasteiger partial charge in [-0.05, 0) is 89.4 Å². The van der Waals surface area contributed by atoms with E-state index in [1.165, 1.54) is 6.42 Å². The van der Waals surface area contributed by atoms with Crippen molar-refractivity contribution < 1.29 is 23.6 Å². The van der Waals surface area contributed by atoms with Crippen molar-refractivity contribution in [3.63, 3.8) is 0 Å². The van der Waals surface area contributed by atoms with Crippen LogP contribution in [-0.4, -0.2) is 47.9 Å². The van der Waals surface area contributed by atoms with Crippen LogP contribution in [0.5, 0.6) is 0 Å². The van der Waals surface area contributed by atoms with Crippen molar-refractivity contribution in [2.75, 3.05) is 0 Å². The molecule has 2 amide bonds. The molecule has 1 saturated heterocycles. The van der Waals surface area contributed by atoms with Gasteiger partial charge in [-0.2, -0.15) is 0 Å². The first-order valence-electron chi connectivity index (χ1n) is 12.8. The van der Waals surface area contributed by atoms with Gasteiger partial charge in [0.25, 0.3) is 0 Å². The third-order valence-electron chi connectivity index (χ3n) is 8.72. The maximum Gasteiger partial charge on any atom is 0.481 e. The van der Waals surface area contributed by atoms with E-state index in [-0.39, 0.29) is 29.0 Å². The number of carbonyl (C=O) groups is 2. The summed E-state index contributed by atoms with van der Waals surface area (Å²) in [4.78, 5) is 25.9. The highest BCUT2D eigenvalue weighted by molar-refractivity contribution is 6.48. The Bertz CT molecular complexity index is 790. The Balaban J connectivity index is 1.46. The second-order valence-electron chi connectivity index (χ2n) is 13.1. The lowest BCUT2D eigenvalue weighted by Crippen LogP contribution is -2.66. The van der Waals surface area contributed by atoms with Gasteiger partial charge in [0.15, 0.2) is 0 Å². The lowest BCUT2D eigenvalue weighted by Gasteiger charge is -2.64. The number of rotatable bonds is 6. The summed E-state index contributed by atoms with van der Waals surface area (Å²) in [6, 6.07) is 0. The monoisotopic (exact) mass is 462 g/mol. The molecule has 8 heteroatoms. The molecule has 4 aliphatic carbocycles. The molecular formula is C25H43BN2O5. The van der Waals surface area contributed by atoms with E-state index in [0.717, 1.165) is 19.3 Å². The number of nitrogens with one attached hydrogen (secondary N) is 2. The summed E-state index contributed by atoms with van der Waals surface area (Å²) in [6.45, 7) is 16.6. The first-order valence-corrected chi connectivity index (χ1v) is 12.8. The van der Waals surface area contributed by atoms with Crippen molar-refractivity contribution in [3.05, 3.63) is 0 Å². The van der Waals surface area contributed by atoms with Crippen LogP contribution in [0.2, 0.25) is 0 Å². The second-order valence-corrected chi connectivity index (χ2v) is 13.1. The first kappa shape index (κ1) is 24.8. The van der Waals surface area contributed by atoms with Gasteiger partial charge in [0.05, 0.1) is 17.6 Å². The summed E-state index contributed by atoms with van der Waals surface area (Å²) in [5.41, 5.74) is -1.58. The minimum absolute atomic E-state index is 0.0726. The molecular weight excluding hydrogens is 419 g/mol. The van der Waals surface area contributed by atoms with Crippen LogP contribution in [0.25, 0.3) is 0 Å². The van der Waals surface area contributed by atoms with Gasteiger partial charge in [-0.15, -0.1) is 0 Å². The number of alkyl carbamates (subject to hydrolysis) is 1. The molecule has 1 heterocycles. The predicted molar refractivity (Wildman–Crippen MR) is 127 cm³/mol. The van der Waals surface area contributed by atoms with E-state index in [4.69, 9.17) is 14.0 Å². The fourth-order valence-electron chi connectivity index (χ4n) is 6.56. The standard InChI is InChI=1S/C25H43BN2O5/c1-15(2)12-19(26-32-18-14-16-13-17(23(16,6)7)24(18,8)33-26)27-20(29)25(10-9-11-25)28-21(30)31-22(3,4)5/h15-19H,9-14H2,1-8H3,(H,27,29)(H,28,30)/t16-,17-,18+,19-,24-/m0/s1. The Morgan fingerprint density at radius 2 is 1.82 bits per heavy atom. The normalized spacial score (nSPS) is 34.6. The van der Waals surface area contributed by atoms with Crippen LogP contribution in [0.15, 0.2) is 0 Å². The van der Waals surface area contributed by atoms with Crippen molar-refractivity contribution in [2.45, 2.75) is 123 Å². The van der Waals surface area contributed by atoms with Crippen LogP contribution in [0.3, 0.4) is 0 Å². The predicted octanol–water partition coefficient (Wildman–Crippen LogP) is 4.23. The zero-order valence-electron chi connectivity index (χ0n) is 21.7. The van der Waals surface area contributed by atoms with Crippen LogP contribution in [0, 0.1) is 23.2 Å². The minimum atomic E-state index is -0.920. The van der Waals surface area contributed by atoms with Gasteiger partial charge >= 0.3 is 13.2 Å². The van der Waals surface area contributed by atoms with E-state index < -0.39 is 24.4 Å². The van der Waals surface area contributed by atoms with Gasteiger partial charge in [-0.25, -0.2) is 4.79 Å². The van der Waals surface area contributed by atoms with Gasteiger partial charge in [-0.3, -0.25) is 4.79 Å². The molecule has 33 heavy (non-hydrogen) atoms. The topological polar surface area (TPSA) is 85.9 Å². The third kappa shape index (κ3) is 4.42. The molecule has 0 aromatic rings. The summed E-state index contributed by atoms with van der Waals surface area (Å²) in [6.07, 6.45) is 4.60. The summed E-state index contributed by atoms with van der Waals surface area (Å²) >= 11 is 0. The average molecular weight is 462 g/mol. The summed E-state index contributed by atoms with van der Waals surface area (Å²) in [5, 5.41) is 6.08. The largest absolute Gasteiger partial charge is 0.481 e. The zero-order valence-corrected chi connectivity index (χ0v) is 21.7. The lowest BCUT2D eigenvalue weighted by molar-refractivity contribution is -0.199. The van der Waals surface area contributed by atoms with Crippen LogP contribution < -0.4 is 10.6 Å². The number of carbonyl (C=O) groups excluding carboxylic acids is 2. The molecule has 0 radical (unpaired) electrons. The minimum Gasteiger partial charge on any atom is -0.444 e. The molecule has 5 rings (SSSR count). The molecule has 0 aromatic carbocycles. The van der Waals surface area contributed by atoms with Crippen molar-refractivity contribution in [1.82, 2.24) is 10.6 Å². The number of amides is 2. The Morgan fingerprint density at radius 1 is 1.15 bits per heavy atom. The van der Waals surface area contributed by atoms with E-state index >= 15 is 0 Å².